The van der Waals surface area contributed by atoms with Crippen LogP contribution in [0.1, 0.15) is 99.8 Å². The van der Waals surface area contributed by atoms with Crippen molar-refractivity contribution in [2.45, 2.75) is 185 Å². The normalized spacial score (nSPS) is 57.7. The Balaban J connectivity index is 1.07. The molecule has 13 heteroatoms. The van der Waals surface area contributed by atoms with Gasteiger partial charge in [0.15, 0.2) is 18.4 Å². The summed E-state index contributed by atoms with van der Waals surface area (Å²) in [6, 6.07) is 0. The van der Waals surface area contributed by atoms with Crippen molar-refractivity contribution in [1.29, 1.82) is 0 Å². The molecule has 8 rings (SSSR count). The van der Waals surface area contributed by atoms with Gasteiger partial charge in [0, 0.05) is 24.2 Å². The molecule has 21 unspecified atom stereocenters. The third kappa shape index (κ3) is 5.65. The first-order valence-corrected chi connectivity index (χ1v) is 20.6. The first-order valence-electron chi connectivity index (χ1n) is 20.6. The molecule has 4 aliphatic carbocycles. The highest BCUT2D eigenvalue weighted by molar-refractivity contribution is 5.25. The highest BCUT2D eigenvalue weighted by Gasteiger charge is 2.80. The van der Waals surface area contributed by atoms with Crippen molar-refractivity contribution in [2.75, 3.05) is 13.2 Å². The number of rotatable bonds is 6. The highest BCUT2D eigenvalue weighted by atomic mass is 16.7. The molecular weight excluding hydrogens is 700 g/mol. The van der Waals surface area contributed by atoms with E-state index >= 15 is 0 Å². The fraction of sp³-hybridized carbons (Fsp3) is 0.951. The molecule has 13 nitrogen and oxygen atoms in total. The Labute approximate surface area is 319 Å². The summed E-state index contributed by atoms with van der Waals surface area (Å²) in [4.78, 5) is 0. The van der Waals surface area contributed by atoms with E-state index in [0.29, 0.717) is 24.9 Å². The van der Waals surface area contributed by atoms with Crippen LogP contribution in [0.2, 0.25) is 0 Å². The smallest absolute Gasteiger partial charge is 0.186 e. The van der Waals surface area contributed by atoms with Gasteiger partial charge in [0.2, 0.25) is 0 Å². The van der Waals surface area contributed by atoms with Gasteiger partial charge in [-0.2, -0.15) is 0 Å². The lowest BCUT2D eigenvalue weighted by Crippen LogP contribution is -2.67. The van der Waals surface area contributed by atoms with Gasteiger partial charge in [-0.25, -0.2) is 0 Å². The SMILES string of the molecule is CC(C)=CC1CC(OC2OC(C)C(O)C(O)C2O)C2C3CCC4C5(C)CCC(OC6OC(CO)C(O)C(O)C6O)C(C)(C)C5CCC4(C)C34COC2(C4)O1. The van der Waals surface area contributed by atoms with Crippen LogP contribution in [0.5, 0.6) is 0 Å². The van der Waals surface area contributed by atoms with Crippen LogP contribution in [-0.2, 0) is 28.4 Å². The Morgan fingerprint density at radius 2 is 1.46 bits per heavy atom. The first kappa shape index (κ1) is 40.0. The van der Waals surface area contributed by atoms with Gasteiger partial charge < -0.3 is 64.2 Å². The van der Waals surface area contributed by atoms with Crippen molar-refractivity contribution in [3.8, 4) is 0 Å². The molecule has 2 bridgehead atoms. The summed E-state index contributed by atoms with van der Waals surface area (Å²) < 4.78 is 39.1. The lowest BCUT2D eigenvalue weighted by molar-refractivity contribution is -0.360. The molecule has 21 atom stereocenters. The van der Waals surface area contributed by atoms with Gasteiger partial charge in [0.05, 0.1) is 37.6 Å². The molecule has 8 fully saturated rings. The largest absolute Gasteiger partial charge is 0.394 e. The van der Waals surface area contributed by atoms with Crippen LogP contribution in [0.25, 0.3) is 0 Å². The van der Waals surface area contributed by atoms with Crippen molar-refractivity contribution in [2.24, 2.45) is 45.3 Å². The molecule has 0 aromatic carbocycles. The zero-order chi connectivity index (χ0) is 38.9. The van der Waals surface area contributed by atoms with E-state index in [1.807, 2.05) is 0 Å². The molecule has 0 aromatic heterocycles. The third-order valence-electron chi connectivity index (χ3n) is 16.7. The van der Waals surface area contributed by atoms with E-state index < -0.39 is 73.8 Å². The monoisotopic (exact) mass is 766 g/mol. The highest BCUT2D eigenvalue weighted by Crippen LogP contribution is 2.80. The van der Waals surface area contributed by atoms with Crippen molar-refractivity contribution < 1.29 is 64.2 Å². The van der Waals surface area contributed by atoms with Gasteiger partial charge in [-0.05, 0) is 93.3 Å². The summed E-state index contributed by atoms with van der Waals surface area (Å²) in [6.45, 7) is 15.4. The summed E-state index contributed by atoms with van der Waals surface area (Å²) in [5, 5.41) is 73.5. The Kier molecular flexibility index (Phi) is 10.1. The van der Waals surface area contributed by atoms with Gasteiger partial charge in [-0.3, -0.25) is 0 Å². The third-order valence-corrected chi connectivity index (χ3v) is 16.7. The average Bonchev–Trinajstić information content (AvgIpc) is 3.63. The summed E-state index contributed by atoms with van der Waals surface area (Å²) in [5.74, 6) is 0.0331. The number of ether oxygens (including phenoxy) is 6. The Morgan fingerprint density at radius 3 is 2.15 bits per heavy atom. The standard InChI is InChI=1S/C41H66O13/c1-19(2)14-21-15-23(51-35-33(47)31(45)29(43)20(3)50-35)28-22-8-9-26-38(6)12-11-27(53-36-34(48)32(46)30(44)24(16-42)52-36)37(4,5)25(38)10-13-39(26,7)40(22)17-41(28,54-21)49-18-40/h14,20-36,42-48H,8-13,15-18H2,1-7H3. The van der Waals surface area contributed by atoms with Gasteiger partial charge in [-0.15, -0.1) is 0 Å². The second-order valence-corrected chi connectivity index (χ2v) is 19.9. The molecule has 0 amide bonds. The summed E-state index contributed by atoms with van der Waals surface area (Å²) >= 11 is 0. The lowest BCUT2D eigenvalue weighted by Gasteiger charge is -2.70. The topological polar surface area (TPSA) is 197 Å². The van der Waals surface area contributed by atoms with Crippen LogP contribution < -0.4 is 0 Å². The lowest BCUT2D eigenvalue weighted by atomic mass is 9.35. The maximum atomic E-state index is 11.0. The van der Waals surface area contributed by atoms with E-state index in [0.717, 1.165) is 50.5 Å². The Hall–Kier alpha value is -0.780. The number of allylic oxidation sites excluding steroid dienone is 1. The van der Waals surface area contributed by atoms with E-state index in [4.69, 9.17) is 28.4 Å². The number of fused-ring (bicyclic) bond motifs is 4. The van der Waals surface area contributed by atoms with Crippen LogP contribution in [0.3, 0.4) is 0 Å². The van der Waals surface area contributed by atoms with E-state index in [2.05, 4.69) is 47.6 Å². The molecule has 0 aromatic rings. The molecule has 4 aliphatic heterocycles. The Bertz CT molecular complexity index is 1440. The number of aliphatic hydroxyl groups is 7. The number of hydrogen-bond donors (Lipinski definition) is 7. The maximum Gasteiger partial charge on any atom is 0.186 e. The number of hydrogen-bond acceptors (Lipinski definition) is 13. The van der Waals surface area contributed by atoms with Crippen LogP contribution in [0, 0.1) is 45.3 Å². The zero-order valence-electron chi connectivity index (χ0n) is 33.0. The minimum atomic E-state index is -1.48. The van der Waals surface area contributed by atoms with E-state index in [-0.39, 0.29) is 51.8 Å². The van der Waals surface area contributed by atoms with Gasteiger partial charge >= 0.3 is 0 Å². The number of aliphatic hydroxyl groups excluding tert-OH is 7. The molecule has 308 valence electrons. The van der Waals surface area contributed by atoms with Crippen LogP contribution >= 0.6 is 0 Å². The molecule has 2 spiro atoms. The van der Waals surface area contributed by atoms with E-state index in [1.54, 1.807) is 6.92 Å². The maximum absolute atomic E-state index is 11.0. The molecule has 0 radical (unpaired) electrons. The molecule has 4 saturated heterocycles. The van der Waals surface area contributed by atoms with Crippen LogP contribution in [0.15, 0.2) is 11.6 Å². The van der Waals surface area contributed by atoms with Crippen molar-refractivity contribution in [3.05, 3.63) is 11.6 Å². The van der Waals surface area contributed by atoms with Crippen molar-refractivity contribution in [3.63, 3.8) is 0 Å². The predicted molar refractivity (Wildman–Crippen MR) is 192 cm³/mol. The molecule has 8 aliphatic rings. The van der Waals surface area contributed by atoms with E-state index in [1.165, 1.54) is 0 Å². The first-order chi connectivity index (χ1) is 25.3. The molecule has 4 saturated carbocycles. The minimum absolute atomic E-state index is 0.0104. The molecular formula is C41H66O13. The predicted octanol–water partition coefficient (Wildman–Crippen LogP) is 2.14. The fourth-order valence-corrected chi connectivity index (χ4v) is 14.1. The van der Waals surface area contributed by atoms with E-state index in [9.17, 15) is 35.7 Å². The van der Waals surface area contributed by atoms with Crippen molar-refractivity contribution in [1.82, 2.24) is 0 Å². The molecule has 7 N–H and O–H groups in total. The quantitative estimate of drug-likeness (QED) is 0.154. The molecule has 4 heterocycles. The van der Waals surface area contributed by atoms with Crippen LogP contribution in [-0.4, -0.2) is 134 Å². The van der Waals surface area contributed by atoms with Gasteiger partial charge in [0.25, 0.3) is 0 Å². The minimum Gasteiger partial charge on any atom is -0.394 e. The summed E-state index contributed by atoms with van der Waals surface area (Å²) in [7, 11) is 0. The molecule has 54 heavy (non-hydrogen) atoms. The zero-order valence-corrected chi connectivity index (χ0v) is 33.0. The summed E-state index contributed by atoms with van der Waals surface area (Å²) in [6.07, 6.45) is -4.01. The Morgan fingerprint density at radius 1 is 0.778 bits per heavy atom. The van der Waals surface area contributed by atoms with Crippen molar-refractivity contribution >= 4 is 0 Å². The second kappa shape index (κ2) is 13.6. The van der Waals surface area contributed by atoms with Gasteiger partial charge in [-0.1, -0.05) is 39.3 Å². The fourth-order valence-electron chi connectivity index (χ4n) is 14.1. The average molecular weight is 767 g/mol. The van der Waals surface area contributed by atoms with Crippen LogP contribution in [0.4, 0.5) is 0 Å². The van der Waals surface area contributed by atoms with Gasteiger partial charge in [0.1, 0.15) is 42.7 Å². The second-order valence-electron chi connectivity index (χ2n) is 19.9. The summed E-state index contributed by atoms with van der Waals surface area (Å²) in [5.41, 5.74) is 0.611.